The van der Waals surface area contributed by atoms with E-state index in [-0.39, 0.29) is 0 Å². The molecule has 0 aliphatic rings. The summed E-state index contributed by atoms with van der Waals surface area (Å²) in [7, 11) is 0. The largest absolute Gasteiger partial charge is 0.492 e. The highest BCUT2D eigenvalue weighted by molar-refractivity contribution is 7.71. The normalized spacial score (nSPS) is 10.5. The molecule has 1 heterocycles. The fourth-order valence-corrected chi connectivity index (χ4v) is 2.00. The quantitative estimate of drug-likeness (QED) is 0.780. The van der Waals surface area contributed by atoms with Crippen LogP contribution in [0.15, 0.2) is 24.3 Å². The van der Waals surface area contributed by atoms with E-state index >= 15 is 0 Å². The zero-order valence-electron chi connectivity index (χ0n) is 8.83. The molecular formula is C12H13NOS. The first-order chi connectivity index (χ1) is 7.22. The molecule has 0 radical (unpaired) electrons. The van der Waals surface area contributed by atoms with E-state index in [2.05, 4.69) is 4.98 Å². The highest BCUT2D eigenvalue weighted by atomic mass is 32.1. The van der Waals surface area contributed by atoms with E-state index in [0.717, 1.165) is 26.9 Å². The van der Waals surface area contributed by atoms with E-state index in [1.807, 2.05) is 38.1 Å². The first-order valence-electron chi connectivity index (χ1n) is 4.98. The Kier molecular flexibility index (Phi) is 2.73. The number of benzene rings is 1. The summed E-state index contributed by atoms with van der Waals surface area (Å²) in [4.78, 5) is 3.29. The maximum Gasteiger partial charge on any atom is 0.143 e. The van der Waals surface area contributed by atoms with Crippen LogP contribution in [-0.2, 0) is 0 Å². The monoisotopic (exact) mass is 219 g/mol. The van der Waals surface area contributed by atoms with Gasteiger partial charge in [-0.1, -0.05) is 24.4 Å². The second-order valence-electron chi connectivity index (χ2n) is 3.43. The highest BCUT2D eigenvalue weighted by Gasteiger charge is 2.03. The number of aromatic nitrogens is 1. The van der Waals surface area contributed by atoms with E-state index < -0.39 is 0 Å². The lowest BCUT2D eigenvalue weighted by Gasteiger charge is -2.08. The van der Waals surface area contributed by atoms with Crippen molar-refractivity contribution in [3.8, 4) is 5.75 Å². The number of ether oxygens (including phenoxy) is 1. The van der Waals surface area contributed by atoms with Gasteiger partial charge in [-0.05, 0) is 26.0 Å². The van der Waals surface area contributed by atoms with Crippen molar-refractivity contribution in [3.63, 3.8) is 0 Å². The molecule has 2 nitrogen and oxygen atoms in total. The van der Waals surface area contributed by atoms with E-state index in [0.29, 0.717) is 6.61 Å². The molecule has 78 valence electrons. The Morgan fingerprint density at radius 3 is 2.93 bits per heavy atom. The Labute approximate surface area is 93.9 Å². The highest BCUT2D eigenvalue weighted by Crippen LogP contribution is 2.24. The van der Waals surface area contributed by atoms with E-state index in [9.17, 15) is 0 Å². The molecule has 3 heteroatoms. The van der Waals surface area contributed by atoms with E-state index in [1.54, 1.807) is 0 Å². The van der Waals surface area contributed by atoms with Gasteiger partial charge in [0.1, 0.15) is 5.75 Å². The maximum atomic E-state index is 5.55. The molecule has 0 bridgehead atoms. The predicted molar refractivity (Wildman–Crippen MR) is 65.0 cm³/mol. The number of aromatic amines is 1. The number of para-hydroxylation sites is 1. The first-order valence-corrected chi connectivity index (χ1v) is 5.38. The Morgan fingerprint density at radius 1 is 1.40 bits per heavy atom. The number of hydrogen-bond acceptors (Lipinski definition) is 2. The summed E-state index contributed by atoms with van der Waals surface area (Å²) in [6, 6.07) is 7.90. The van der Waals surface area contributed by atoms with Crippen LogP contribution in [0, 0.1) is 11.4 Å². The summed E-state index contributed by atoms with van der Waals surface area (Å²) in [6.07, 6.45) is 0. The number of H-pyrrole nitrogens is 1. The molecule has 0 fully saturated rings. The van der Waals surface area contributed by atoms with Crippen molar-refractivity contribution < 1.29 is 4.74 Å². The lowest BCUT2D eigenvalue weighted by Crippen LogP contribution is -1.94. The van der Waals surface area contributed by atoms with Crippen LogP contribution in [0.4, 0.5) is 0 Å². The van der Waals surface area contributed by atoms with Crippen LogP contribution in [0.2, 0.25) is 0 Å². The fourth-order valence-electron chi connectivity index (χ4n) is 1.65. The number of pyridine rings is 1. The van der Waals surface area contributed by atoms with Crippen LogP contribution < -0.4 is 4.74 Å². The van der Waals surface area contributed by atoms with Crippen LogP contribution in [0.3, 0.4) is 0 Å². The van der Waals surface area contributed by atoms with Crippen LogP contribution >= 0.6 is 12.2 Å². The first kappa shape index (κ1) is 10.2. The van der Waals surface area contributed by atoms with Gasteiger partial charge in [0.15, 0.2) is 0 Å². The third-order valence-electron chi connectivity index (χ3n) is 2.26. The van der Waals surface area contributed by atoms with E-state index in [1.165, 1.54) is 0 Å². The number of rotatable bonds is 2. The van der Waals surface area contributed by atoms with Crippen LogP contribution in [0.5, 0.6) is 5.75 Å². The minimum Gasteiger partial charge on any atom is -0.492 e. The molecule has 0 amide bonds. The second kappa shape index (κ2) is 4.03. The SMILES string of the molecule is CCOc1cccc2c(=S)cc(C)[nH]c12. The van der Waals surface area contributed by atoms with E-state index in [4.69, 9.17) is 17.0 Å². The summed E-state index contributed by atoms with van der Waals surface area (Å²) in [5, 5.41) is 1.04. The van der Waals surface area contributed by atoms with Crippen LogP contribution in [0.1, 0.15) is 12.6 Å². The Morgan fingerprint density at radius 2 is 2.20 bits per heavy atom. The molecule has 0 aliphatic carbocycles. The average molecular weight is 219 g/mol. The minimum absolute atomic E-state index is 0.660. The lowest BCUT2D eigenvalue weighted by atomic mass is 10.2. The van der Waals surface area contributed by atoms with Gasteiger partial charge in [-0.25, -0.2) is 0 Å². The molecule has 1 aromatic heterocycles. The number of aryl methyl sites for hydroxylation is 1. The molecule has 0 saturated heterocycles. The van der Waals surface area contributed by atoms with Gasteiger partial charge in [0.2, 0.25) is 0 Å². The molecule has 2 rings (SSSR count). The summed E-state index contributed by atoms with van der Waals surface area (Å²) in [5.74, 6) is 0.866. The van der Waals surface area contributed by atoms with Gasteiger partial charge in [-0.15, -0.1) is 0 Å². The second-order valence-corrected chi connectivity index (χ2v) is 3.87. The zero-order chi connectivity index (χ0) is 10.8. The Bertz CT molecular complexity index is 545. The lowest BCUT2D eigenvalue weighted by molar-refractivity contribution is 0.343. The molecule has 0 spiro atoms. The van der Waals surface area contributed by atoms with Crippen molar-refractivity contribution in [3.05, 3.63) is 34.5 Å². The average Bonchev–Trinajstić information content (AvgIpc) is 2.19. The number of hydrogen-bond donors (Lipinski definition) is 1. The third kappa shape index (κ3) is 1.88. The van der Waals surface area contributed by atoms with Gasteiger partial charge in [-0.2, -0.15) is 0 Å². The van der Waals surface area contributed by atoms with Gasteiger partial charge >= 0.3 is 0 Å². The van der Waals surface area contributed by atoms with Gasteiger partial charge in [0, 0.05) is 15.6 Å². The maximum absolute atomic E-state index is 5.55. The summed E-state index contributed by atoms with van der Waals surface area (Å²) < 4.78 is 6.42. The van der Waals surface area contributed by atoms with Gasteiger partial charge in [0.25, 0.3) is 0 Å². The predicted octanol–water partition coefficient (Wildman–Crippen LogP) is 3.60. The molecule has 0 saturated carbocycles. The van der Waals surface area contributed by atoms with Gasteiger partial charge < -0.3 is 9.72 Å². The van der Waals surface area contributed by atoms with Crippen molar-refractivity contribution >= 4 is 23.1 Å². The number of fused-ring (bicyclic) bond motifs is 1. The Balaban J connectivity index is 2.79. The van der Waals surface area contributed by atoms with Crippen molar-refractivity contribution in [2.24, 2.45) is 0 Å². The minimum atomic E-state index is 0.660. The van der Waals surface area contributed by atoms with Crippen molar-refractivity contribution in [1.29, 1.82) is 0 Å². The molecule has 15 heavy (non-hydrogen) atoms. The van der Waals surface area contributed by atoms with Gasteiger partial charge in [-0.3, -0.25) is 0 Å². The summed E-state index contributed by atoms with van der Waals surface area (Å²) >= 11 is 5.31. The van der Waals surface area contributed by atoms with Crippen molar-refractivity contribution in [2.45, 2.75) is 13.8 Å². The molecule has 1 aromatic carbocycles. The molecule has 0 unspecified atom stereocenters. The van der Waals surface area contributed by atoms with Crippen LogP contribution in [-0.4, -0.2) is 11.6 Å². The van der Waals surface area contributed by atoms with Gasteiger partial charge in [0.05, 0.1) is 12.1 Å². The fraction of sp³-hybridized carbons (Fsp3) is 0.250. The molecule has 0 atom stereocenters. The molecule has 2 aromatic rings. The number of nitrogens with one attached hydrogen (secondary N) is 1. The molecule has 1 N–H and O–H groups in total. The van der Waals surface area contributed by atoms with Crippen molar-refractivity contribution in [1.82, 2.24) is 4.98 Å². The summed E-state index contributed by atoms with van der Waals surface area (Å²) in [5.41, 5.74) is 2.05. The Hall–Kier alpha value is -1.35. The smallest absolute Gasteiger partial charge is 0.143 e. The topological polar surface area (TPSA) is 25.0 Å². The standard InChI is InChI=1S/C12H13NOS/c1-3-14-10-6-4-5-9-11(15)7-8(2)13-12(9)10/h4-7H,3H2,1-2H3,(H,13,15). The molecular weight excluding hydrogens is 206 g/mol. The van der Waals surface area contributed by atoms with Crippen LogP contribution in [0.25, 0.3) is 10.9 Å². The van der Waals surface area contributed by atoms with Crippen molar-refractivity contribution in [2.75, 3.05) is 6.61 Å². The zero-order valence-corrected chi connectivity index (χ0v) is 9.65. The molecule has 0 aliphatic heterocycles. The summed E-state index contributed by atoms with van der Waals surface area (Å²) in [6.45, 7) is 4.63. The third-order valence-corrected chi connectivity index (χ3v) is 2.60.